The number of aliphatic hydroxyl groups excluding tert-OH is 1. The molecule has 3 saturated carbocycles. The molecular formula is C25H33NaO9S. The Balaban J connectivity index is 0.00000361. The predicted octanol–water partition coefficient (Wildman–Crippen LogP) is -1.71. The van der Waals surface area contributed by atoms with Crippen LogP contribution in [0.1, 0.15) is 52.9 Å². The van der Waals surface area contributed by atoms with E-state index in [2.05, 4.69) is 13.8 Å². The number of carbonyl (C=O) groups is 3. The normalized spacial score (nSPS) is 41.3. The van der Waals surface area contributed by atoms with Crippen LogP contribution in [0.5, 0.6) is 0 Å². The van der Waals surface area contributed by atoms with Gasteiger partial charge in [-0.15, -0.1) is 0 Å². The topological polar surface area (TPSA) is 158 Å². The average molecular weight is 533 g/mol. The van der Waals surface area contributed by atoms with Gasteiger partial charge in [-0.3, -0.25) is 14.4 Å². The summed E-state index contributed by atoms with van der Waals surface area (Å²) < 4.78 is 37.0. The molecule has 4 rings (SSSR count). The van der Waals surface area contributed by atoms with Crippen molar-refractivity contribution in [3.05, 3.63) is 23.8 Å². The van der Waals surface area contributed by atoms with E-state index < -0.39 is 63.2 Å². The van der Waals surface area contributed by atoms with Gasteiger partial charge >= 0.3 is 35.5 Å². The summed E-state index contributed by atoms with van der Waals surface area (Å²) >= 11 is 0. The molecule has 0 aromatic heterocycles. The first-order chi connectivity index (χ1) is 16.1. The molecule has 0 amide bonds. The Kier molecular flexibility index (Phi) is 8.26. The van der Waals surface area contributed by atoms with Crippen molar-refractivity contribution in [2.24, 2.45) is 34.5 Å². The van der Waals surface area contributed by atoms with Crippen molar-refractivity contribution in [1.29, 1.82) is 0 Å². The third-order valence-electron chi connectivity index (χ3n) is 9.35. The average Bonchev–Trinajstić information content (AvgIpc) is 3.02. The summed E-state index contributed by atoms with van der Waals surface area (Å²) in [5.74, 6) is -2.76. The molecule has 0 aromatic carbocycles. The van der Waals surface area contributed by atoms with E-state index in [0.717, 1.165) is 12.0 Å². The number of fused-ring (bicyclic) bond motifs is 5. The van der Waals surface area contributed by atoms with E-state index in [9.17, 15) is 37.6 Å². The molecule has 3 unspecified atom stereocenters. The van der Waals surface area contributed by atoms with Crippen LogP contribution in [-0.4, -0.2) is 64.8 Å². The van der Waals surface area contributed by atoms with Gasteiger partial charge in [0.05, 0.1) is 22.6 Å². The number of hydrogen-bond donors (Lipinski definition) is 2. The fraction of sp³-hybridized carbons (Fsp3) is 0.720. The number of allylic oxidation sites excluding steroid dienone is 4. The largest absolute Gasteiger partial charge is 1.00 e. The molecule has 36 heavy (non-hydrogen) atoms. The second-order valence-corrected chi connectivity index (χ2v) is 12.8. The Morgan fingerprint density at radius 2 is 1.94 bits per heavy atom. The molecule has 0 radical (unpaired) electrons. The van der Waals surface area contributed by atoms with E-state index in [1.165, 1.54) is 0 Å². The van der Waals surface area contributed by atoms with E-state index in [1.807, 2.05) is 13.0 Å². The van der Waals surface area contributed by atoms with Crippen molar-refractivity contribution in [2.75, 3.05) is 12.4 Å². The van der Waals surface area contributed by atoms with Gasteiger partial charge in [0.2, 0.25) is 5.78 Å². The van der Waals surface area contributed by atoms with Crippen molar-refractivity contribution < 1.29 is 71.9 Å². The fourth-order valence-electron chi connectivity index (χ4n) is 7.76. The molecule has 4 aliphatic carbocycles. The summed E-state index contributed by atoms with van der Waals surface area (Å²) in [6.07, 6.45) is 5.30. The maximum atomic E-state index is 13.1. The summed E-state index contributed by atoms with van der Waals surface area (Å²) in [6, 6.07) is 0. The number of hydrogen-bond acceptors (Lipinski definition) is 9. The number of aliphatic hydroxyl groups is 2. The van der Waals surface area contributed by atoms with Crippen molar-refractivity contribution >= 4 is 27.7 Å². The molecule has 0 heterocycles. The van der Waals surface area contributed by atoms with Gasteiger partial charge in [0, 0.05) is 22.5 Å². The number of carbonyl (C=O) groups excluding carboxylic acids is 3. The SMILES string of the molecule is C[C@H]1CC2C([C@@H](O)C[C@@]3(C)C2CC[C@]3(O)C(=O)COC(=O)CCS(=O)(=O)[O-])[C@@]2(C)C=CC(=O)C=C12.[Na+]. The Labute approximate surface area is 233 Å². The van der Waals surface area contributed by atoms with Gasteiger partial charge in [-0.05, 0) is 55.6 Å². The van der Waals surface area contributed by atoms with Crippen LogP contribution < -0.4 is 29.6 Å². The smallest absolute Gasteiger partial charge is 0.748 e. The number of Topliss-reactive ketones (excluding diaryl/α,β-unsaturated/α-hetero) is 1. The van der Waals surface area contributed by atoms with Crippen LogP contribution in [-0.2, 0) is 29.2 Å². The minimum Gasteiger partial charge on any atom is -0.748 e. The molecule has 0 aliphatic heterocycles. The predicted molar refractivity (Wildman–Crippen MR) is 123 cm³/mol. The van der Waals surface area contributed by atoms with Gasteiger partial charge in [0.1, 0.15) is 5.60 Å². The van der Waals surface area contributed by atoms with Crippen LogP contribution in [0, 0.1) is 34.5 Å². The molecule has 0 saturated heterocycles. The quantitative estimate of drug-likeness (QED) is 0.231. The minimum atomic E-state index is -4.59. The fourth-order valence-corrected chi connectivity index (χ4v) is 8.18. The molecule has 0 aromatic rings. The zero-order chi connectivity index (χ0) is 26.0. The number of esters is 1. The molecular weight excluding hydrogens is 499 g/mol. The van der Waals surface area contributed by atoms with Crippen LogP contribution in [0.15, 0.2) is 23.8 Å². The maximum absolute atomic E-state index is 13.1. The zero-order valence-electron chi connectivity index (χ0n) is 21.2. The Morgan fingerprint density at radius 1 is 1.28 bits per heavy atom. The van der Waals surface area contributed by atoms with E-state index in [1.54, 1.807) is 12.2 Å². The van der Waals surface area contributed by atoms with Gasteiger partial charge in [-0.25, -0.2) is 8.42 Å². The molecule has 0 bridgehead atoms. The first kappa shape index (κ1) is 29.7. The molecule has 4 aliphatic rings. The first-order valence-corrected chi connectivity index (χ1v) is 13.7. The Morgan fingerprint density at radius 3 is 2.58 bits per heavy atom. The van der Waals surface area contributed by atoms with Crippen LogP contribution in [0.2, 0.25) is 0 Å². The monoisotopic (exact) mass is 532 g/mol. The molecule has 3 fully saturated rings. The Bertz CT molecular complexity index is 1110. The molecule has 8 atom stereocenters. The summed E-state index contributed by atoms with van der Waals surface area (Å²) in [5, 5.41) is 23.0. The summed E-state index contributed by atoms with van der Waals surface area (Å²) in [5.41, 5.74) is -2.22. The van der Waals surface area contributed by atoms with Crippen LogP contribution in [0.3, 0.4) is 0 Å². The second-order valence-electron chi connectivity index (χ2n) is 11.2. The molecule has 9 nitrogen and oxygen atoms in total. The second kappa shape index (κ2) is 10.0. The first-order valence-electron chi connectivity index (χ1n) is 12.1. The zero-order valence-corrected chi connectivity index (χ0v) is 24.0. The summed E-state index contributed by atoms with van der Waals surface area (Å²) in [7, 11) is -4.59. The van der Waals surface area contributed by atoms with Gasteiger partial charge in [0.25, 0.3) is 0 Å². The van der Waals surface area contributed by atoms with E-state index in [-0.39, 0.29) is 71.9 Å². The number of ether oxygens (including phenoxy) is 1. The van der Waals surface area contributed by atoms with Gasteiger partial charge in [-0.2, -0.15) is 0 Å². The third-order valence-corrected chi connectivity index (χ3v) is 10.1. The van der Waals surface area contributed by atoms with E-state index in [0.29, 0.717) is 6.42 Å². The van der Waals surface area contributed by atoms with Crippen LogP contribution in [0.4, 0.5) is 0 Å². The van der Waals surface area contributed by atoms with Crippen molar-refractivity contribution in [3.8, 4) is 0 Å². The molecule has 2 N–H and O–H groups in total. The van der Waals surface area contributed by atoms with Crippen molar-refractivity contribution in [1.82, 2.24) is 0 Å². The minimum absolute atomic E-state index is 0. The maximum Gasteiger partial charge on any atom is 1.00 e. The van der Waals surface area contributed by atoms with Crippen molar-refractivity contribution in [3.63, 3.8) is 0 Å². The number of ketones is 2. The summed E-state index contributed by atoms with van der Waals surface area (Å²) in [6.45, 7) is 5.20. The Hall–Kier alpha value is -0.880. The number of rotatable bonds is 6. The summed E-state index contributed by atoms with van der Waals surface area (Å²) in [4.78, 5) is 37.0. The molecule has 194 valence electrons. The van der Waals surface area contributed by atoms with Crippen molar-refractivity contribution in [2.45, 2.75) is 64.6 Å². The van der Waals surface area contributed by atoms with E-state index in [4.69, 9.17) is 4.74 Å². The van der Waals surface area contributed by atoms with Gasteiger partial charge < -0.3 is 19.5 Å². The molecule has 11 heteroatoms. The third kappa shape index (κ3) is 4.83. The van der Waals surface area contributed by atoms with Gasteiger partial charge in [-0.1, -0.05) is 32.4 Å². The van der Waals surface area contributed by atoms with Crippen LogP contribution >= 0.6 is 0 Å². The van der Waals surface area contributed by atoms with Gasteiger partial charge in [0.15, 0.2) is 12.4 Å². The molecule has 0 spiro atoms. The standard InChI is InChI=1S/C25H34O9S.Na/c1-14-10-16-17-5-8-25(30,20(28)13-34-21(29)6-9-35(31,32)33)24(17,3)12-19(27)22(16)23(2)7-4-15(26)11-18(14)23;/h4,7,11,14,16-17,19,22,27,30H,5-6,8-10,12-13H2,1-3H3,(H,31,32,33);/q;+1/p-1/t14-,16?,17?,19-,22?,23-,24-,25-;/m0./s1. The van der Waals surface area contributed by atoms with Crippen LogP contribution in [0.25, 0.3) is 0 Å². The van der Waals surface area contributed by atoms with E-state index >= 15 is 0 Å².